The van der Waals surface area contributed by atoms with Crippen molar-refractivity contribution < 1.29 is 14.3 Å². The molecule has 0 radical (unpaired) electrons. The summed E-state index contributed by atoms with van der Waals surface area (Å²) in [6.45, 7) is 6.10. The second-order valence-electron chi connectivity index (χ2n) is 11.8. The largest absolute Gasteiger partial charge is 0.508 e. The minimum atomic E-state index is -0.807. The zero-order valence-corrected chi connectivity index (χ0v) is 24.5. The quantitative estimate of drug-likeness (QED) is 0.164. The van der Waals surface area contributed by atoms with E-state index in [9.17, 15) is 14.3 Å². The first kappa shape index (κ1) is 28.5. The fourth-order valence-electron chi connectivity index (χ4n) is 5.85. The summed E-state index contributed by atoms with van der Waals surface area (Å²) in [4.78, 5) is 19.6. The van der Waals surface area contributed by atoms with Crippen molar-refractivity contribution in [1.29, 1.82) is 0 Å². The van der Waals surface area contributed by atoms with Crippen molar-refractivity contribution >= 4 is 22.5 Å². The van der Waals surface area contributed by atoms with Gasteiger partial charge in [0.2, 0.25) is 0 Å². The van der Waals surface area contributed by atoms with Crippen LogP contribution >= 0.6 is 0 Å². The summed E-state index contributed by atoms with van der Waals surface area (Å²) in [5.41, 5.74) is 12.5. The Morgan fingerprint density at radius 3 is 2.42 bits per heavy atom. The van der Waals surface area contributed by atoms with Crippen LogP contribution in [0.4, 0.5) is 10.1 Å². The molecule has 0 bridgehead atoms. The molecule has 5 N–H and O–H groups in total. The Kier molecular flexibility index (Phi) is 7.91. The summed E-state index contributed by atoms with van der Waals surface area (Å²) in [6.07, 6.45) is 1.98. The SMILES string of the molecule is CC(C)c1cc(C(=O)NC(c2cc3ccccc3[nH]2)c2cc(F)ccc2O)cc(-c2ccc(N3CCC(N)CC3)cc2)c1. The third-order valence-electron chi connectivity index (χ3n) is 8.43. The number of nitrogens with one attached hydrogen (secondary N) is 2. The van der Waals surface area contributed by atoms with Crippen molar-refractivity contribution in [2.24, 2.45) is 5.73 Å². The van der Waals surface area contributed by atoms with Crippen LogP contribution in [0, 0.1) is 5.82 Å². The minimum absolute atomic E-state index is 0.0993. The number of nitrogens with two attached hydrogens (primary N) is 1. The van der Waals surface area contributed by atoms with Crippen LogP contribution in [0.1, 0.15) is 65.8 Å². The van der Waals surface area contributed by atoms with Crippen LogP contribution in [-0.4, -0.2) is 35.1 Å². The molecule has 6 rings (SSSR count). The number of para-hydroxylation sites is 1. The molecule has 220 valence electrons. The number of anilines is 1. The average Bonchev–Trinajstić information content (AvgIpc) is 3.45. The van der Waals surface area contributed by atoms with E-state index in [1.165, 1.54) is 23.9 Å². The number of carbonyl (C=O) groups is 1. The number of benzene rings is 4. The van der Waals surface area contributed by atoms with Crippen molar-refractivity contribution in [3.05, 3.63) is 119 Å². The third kappa shape index (κ3) is 6.13. The Balaban J connectivity index is 1.34. The molecule has 1 fully saturated rings. The molecule has 4 aromatic carbocycles. The number of H-pyrrole nitrogens is 1. The lowest BCUT2D eigenvalue weighted by Crippen LogP contribution is -2.39. The van der Waals surface area contributed by atoms with Gasteiger partial charge in [-0.3, -0.25) is 4.79 Å². The molecule has 0 spiro atoms. The fraction of sp³-hybridized carbons (Fsp3) is 0.250. The van der Waals surface area contributed by atoms with Crippen LogP contribution in [0.25, 0.3) is 22.0 Å². The van der Waals surface area contributed by atoms with E-state index in [4.69, 9.17) is 5.73 Å². The number of aromatic nitrogens is 1. The second kappa shape index (κ2) is 11.9. The highest BCUT2D eigenvalue weighted by Gasteiger charge is 2.24. The van der Waals surface area contributed by atoms with E-state index < -0.39 is 11.9 Å². The van der Waals surface area contributed by atoms with E-state index in [-0.39, 0.29) is 29.2 Å². The Labute approximate surface area is 251 Å². The third-order valence-corrected chi connectivity index (χ3v) is 8.43. The standard InChI is InChI=1S/C36H37FN4O2/c1-22(2)25-17-26(23-7-10-30(11-8-23)41-15-13-29(38)14-16-41)19-27(18-25)36(43)40-35(31-21-28(37)9-12-34(31)42)33-20-24-5-3-4-6-32(24)39-33/h3-12,17-22,29,35,39,42H,13-16,38H2,1-2H3,(H,40,43). The molecular formula is C36H37FN4O2. The lowest BCUT2D eigenvalue weighted by atomic mass is 9.93. The number of phenolic OH excluding ortho intramolecular Hbond substituents is 1. The molecule has 1 aliphatic heterocycles. The van der Waals surface area contributed by atoms with Crippen LogP contribution in [0.5, 0.6) is 5.75 Å². The van der Waals surface area contributed by atoms with Gasteiger partial charge in [-0.1, -0.05) is 50.2 Å². The number of aromatic hydroxyl groups is 1. The maximum Gasteiger partial charge on any atom is 0.252 e. The highest BCUT2D eigenvalue weighted by Crippen LogP contribution is 2.33. The van der Waals surface area contributed by atoms with E-state index in [2.05, 4.69) is 59.4 Å². The molecule has 0 aliphatic carbocycles. The number of hydrogen-bond acceptors (Lipinski definition) is 4. The summed E-state index contributed by atoms with van der Waals surface area (Å²) in [5, 5.41) is 14.8. The normalized spacial score (nSPS) is 14.8. The lowest BCUT2D eigenvalue weighted by molar-refractivity contribution is 0.0942. The topological polar surface area (TPSA) is 94.4 Å². The zero-order chi connectivity index (χ0) is 30.1. The number of rotatable bonds is 7. The van der Waals surface area contributed by atoms with Gasteiger partial charge in [0.1, 0.15) is 11.6 Å². The predicted octanol–water partition coefficient (Wildman–Crippen LogP) is 7.25. The van der Waals surface area contributed by atoms with Gasteiger partial charge < -0.3 is 26.0 Å². The Morgan fingerprint density at radius 2 is 1.70 bits per heavy atom. The van der Waals surface area contributed by atoms with Gasteiger partial charge in [-0.05, 0) is 95.4 Å². The molecule has 1 amide bonds. The molecule has 1 aliphatic rings. The molecule has 1 aromatic heterocycles. The highest BCUT2D eigenvalue weighted by atomic mass is 19.1. The molecular weight excluding hydrogens is 539 g/mol. The first-order valence-electron chi connectivity index (χ1n) is 14.9. The molecule has 7 heteroatoms. The lowest BCUT2D eigenvalue weighted by Gasteiger charge is -2.32. The Morgan fingerprint density at radius 1 is 0.953 bits per heavy atom. The van der Waals surface area contributed by atoms with Gasteiger partial charge in [-0.25, -0.2) is 4.39 Å². The van der Waals surface area contributed by atoms with Gasteiger partial charge in [0.25, 0.3) is 5.91 Å². The molecule has 2 heterocycles. The number of fused-ring (bicyclic) bond motifs is 1. The fourth-order valence-corrected chi connectivity index (χ4v) is 5.85. The summed E-state index contributed by atoms with van der Waals surface area (Å²) in [7, 11) is 0. The number of piperidine rings is 1. The van der Waals surface area contributed by atoms with Gasteiger partial charge in [0.05, 0.1) is 6.04 Å². The molecule has 1 saturated heterocycles. The second-order valence-corrected chi connectivity index (χ2v) is 11.8. The first-order chi connectivity index (χ1) is 20.7. The number of carbonyl (C=O) groups excluding carboxylic acids is 1. The van der Waals surface area contributed by atoms with E-state index in [0.717, 1.165) is 53.5 Å². The maximum atomic E-state index is 14.4. The van der Waals surface area contributed by atoms with Crippen molar-refractivity contribution in [2.45, 2.75) is 44.7 Å². The number of phenols is 1. The first-order valence-corrected chi connectivity index (χ1v) is 14.9. The van der Waals surface area contributed by atoms with Crippen LogP contribution in [0.2, 0.25) is 0 Å². The molecule has 0 saturated carbocycles. The van der Waals surface area contributed by atoms with Crippen LogP contribution in [0.3, 0.4) is 0 Å². The van der Waals surface area contributed by atoms with Crippen molar-refractivity contribution in [3.63, 3.8) is 0 Å². The maximum absolute atomic E-state index is 14.4. The average molecular weight is 577 g/mol. The summed E-state index contributed by atoms with van der Waals surface area (Å²) in [5.74, 6) is -0.724. The van der Waals surface area contributed by atoms with E-state index in [1.54, 1.807) is 0 Å². The molecule has 1 atom stereocenters. The van der Waals surface area contributed by atoms with E-state index in [1.807, 2.05) is 42.5 Å². The molecule has 6 nitrogen and oxygen atoms in total. The number of hydrogen-bond donors (Lipinski definition) is 4. The molecule has 1 unspecified atom stereocenters. The monoisotopic (exact) mass is 576 g/mol. The summed E-state index contributed by atoms with van der Waals surface area (Å²) >= 11 is 0. The van der Waals surface area contributed by atoms with Crippen molar-refractivity contribution in [3.8, 4) is 16.9 Å². The predicted molar refractivity (Wildman–Crippen MR) is 171 cm³/mol. The van der Waals surface area contributed by atoms with E-state index in [0.29, 0.717) is 11.3 Å². The van der Waals surface area contributed by atoms with E-state index >= 15 is 0 Å². The smallest absolute Gasteiger partial charge is 0.252 e. The van der Waals surface area contributed by atoms with Gasteiger partial charge in [0, 0.05) is 47.2 Å². The number of amides is 1. The number of halogens is 1. The number of nitrogens with zero attached hydrogens (tertiary/aromatic N) is 1. The van der Waals surface area contributed by atoms with Gasteiger partial charge in [-0.2, -0.15) is 0 Å². The van der Waals surface area contributed by atoms with Crippen molar-refractivity contribution in [2.75, 3.05) is 18.0 Å². The number of aromatic amines is 1. The summed E-state index contributed by atoms with van der Waals surface area (Å²) in [6, 6.07) is 27.3. The minimum Gasteiger partial charge on any atom is -0.508 e. The van der Waals surface area contributed by atoms with Gasteiger partial charge >= 0.3 is 0 Å². The summed E-state index contributed by atoms with van der Waals surface area (Å²) < 4.78 is 14.4. The van der Waals surface area contributed by atoms with Crippen LogP contribution in [-0.2, 0) is 0 Å². The zero-order valence-electron chi connectivity index (χ0n) is 24.5. The van der Waals surface area contributed by atoms with Gasteiger partial charge in [0.15, 0.2) is 0 Å². The van der Waals surface area contributed by atoms with Crippen molar-refractivity contribution in [1.82, 2.24) is 10.3 Å². The van der Waals surface area contributed by atoms with Gasteiger partial charge in [-0.15, -0.1) is 0 Å². The molecule has 43 heavy (non-hydrogen) atoms. The molecule has 5 aromatic rings. The van der Waals surface area contributed by atoms with Crippen LogP contribution in [0.15, 0.2) is 91.0 Å². The van der Waals surface area contributed by atoms with Crippen LogP contribution < -0.4 is 16.0 Å². The Bertz CT molecular complexity index is 1720. The highest BCUT2D eigenvalue weighted by molar-refractivity contribution is 5.96. The Hall–Kier alpha value is -4.62.